The third-order valence-electron chi connectivity index (χ3n) is 4.06. The second kappa shape index (κ2) is 7.38. The summed E-state index contributed by atoms with van der Waals surface area (Å²) in [6, 6.07) is 19.6. The third kappa shape index (κ3) is 3.33. The number of rotatable bonds is 4. The maximum absolute atomic E-state index is 9.17. The summed E-state index contributed by atoms with van der Waals surface area (Å²) in [5.74, 6) is 1.43. The molecular formula is C21H16N4O. The fourth-order valence-corrected chi connectivity index (χ4v) is 2.61. The molecule has 0 aliphatic rings. The van der Waals surface area contributed by atoms with E-state index in [1.54, 1.807) is 18.7 Å². The van der Waals surface area contributed by atoms with E-state index in [9.17, 15) is 0 Å². The number of nitrogens with zero attached hydrogens (tertiary/aromatic N) is 4. The molecular weight excluding hydrogens is 324 g/mol. The maximum atomic E-state index is 9.17. The Morgan fingerprint density at radius 2 is 1.50 bits per heavy atom. The topological polar surface area (TPSA) is 74.6 Å². The number of imidazole rings is 1. The minimum Gasteiger partial charge on any atom is -0.497 e. The molecule has 0 saturated carbocycles. The Bertz CT molecular complexity index is 1030. The molecule has 0 atom stereocenters. The van der Waals surface area contributed by atoms with Gasteiger partial charge in [0.1, 0.15) is 23.7 Å². The van der Waals surface area contributed by atoms with Gasteiger partial charge in [-0.25, -0.2) is 4.98 Å². The van der Waals surface area contributed by atoms with E-state index in [4.69, 9.17) is 15.3 Å². The summed E-state index contributed by atoms with van der Waals surface area (Å²) in [5, 5.41) is 18.3. The van der Waals surface area contributed by atoms with Crippen LogP contribution in [-0.4, -0.2) is 16.7 Å². The van der Waals surface area contributed by atoms with Gasteiger partial charge in [-0.2, -0.15) is 10.5 Å². The molecule has 1 aromatic heterocycles. The smallest absolute Gasteiger partial charge is 0.177 e. The van der Waals surface area contributed by atoms with E-state index in [0.29, 0.717) is 5.82 Å². The van der Waals surface area contributed by atoms with Crippen molar-refractivity contribution < 1.29 is 4.74 Å². The molecule has 26 heavy (non-hydrogen) atoms. The molecule has 3 aromatic rings. The predicted molar refractivity (Wildman–Crippen MR) is 100.0 cm³/mol. The van der Waals surface area contributed by atoms with Crippen molar-refractivity contribution in [1.29, 1.82) is 10.5 Å². The first-order valence-electron chi connectivity index (χ1n) is 7.95. The Morgan fingerprint density at radius 1 is 0.923 bits per heavy atom. The quantitative estimate of drug-likeness (QED) is 0.673. The van der Waals surface area contributed by atoms with E-state index in [0.717, 1.165) is 22.4 Å². The highest BCUT2D eigenvalue weighted by Crippen LogP contribution is 2.22. The lowest BCUT2D eigenvalue weighted by molar-refractivity contribution is 0.415. The Labute approximate surface area is 152 Å². The summed E-state index contributed by atoms with van der Waals surface area (Å²) in [4.78, 5) is 4.26. The zero-order valence-corrected chi connectivity index (χ0v) is 14.5. The van der Waals surface area contributed by atoms with Gasteiger partial charge in [0.2, 0.25) is 0 Å². The summed E-state index contributed by atoms with van der Waals surface area (Å²) in [6.07, 6.45) is 4.04. The van der Waals surface area contributed by atoms with Crippen LogP contribution in [-0.2, 0) is 7.05 Å². The molecule has 0 saturated heterocycles. The number of methoxy groups -OCH3 is 1. The van der Waals surface area contributed by atoms with Gasteiger partial charge in [-0.05, 0) is 23.3 Å². The van der Waals surface area contributed by atoms with Crippen LogP contribution in [0.5, 0.6) is 5.75 Å². The van der Waals surface area contributed by atoms with Crippen molar-refractivity contribution in [2.75, 3.05) is 7.11 Å². The van der Waals surface area contributed by atoms with E-state index in [1.165, 1.54) is 0 Å². The lowest BCUT2D eigenvalue weighted by Gasteiger charge is -2.03. The van der Waals surface area contributed by atoms with Gasteiger partial charge in [0.05, 0.1) is 7.11 Å². The standard InChI is InChI=1S/C21H16N4O/c1-25-20(14-23)19(13-22)24-21(25)17-9-5-15(6-10-17)3-4-16-7-11-18(26-2)12-8-16/h3-12H,1-2H3/b4-3+. The zero-order chi connectivity index (χ0) is 18.5. The van der Waals surface area contributed by atoms with Crippen LogP contribution >= 0.6 is 0 Å². The lowest BCUT2D eigenvalue weighted by atomic mass is 10.1. The molecule has 0 unspecified atom stereocenters. The Morgan fingerprint density at radius 3 is 1.96 bits per heavy atom. The van der Waals surface area contributed by atoms with Crippen molar-refractivity contribution in [1.82, 2.24) is 9.55 Å². The summed E-state index contributed by atoms with van der Waals surface area (Å²) in [6.45, 7) is 0. The largest absolute Gasteiger partial charge is 0.497 e. The summed E-state index contributed by atoms with van der Waals surface area (Å²) in [5.41, 5.74) is 3.39. The fourth-order valence-electron chi connectivity index (χ4n) is 2.61. The summed E-state index contributed by atoms with van der Waals surface area (Å²) < 4.78 is 6.79. The van der Waals surface area contributed by atoms with E-state index in [2.05, 4.69) is 4.98 Å². The maximum Gasteiger partial charge on any atom is 0.177 e. The predicted octanol–water partition coefficient (Wildman–Crippen LogP) is 4.01. The lowest BCUT2D eigenvalue weighted by Crippen LogP contribution is -1.95. The van der Waals surface area contributed by atoms with Crippen molar-refractivity contribution in [2.45, 2.75) is 0 Å². The number of hydrogen-bond donors (Lipinski definition) is 0. The molecule has 0 bridgehead atoms. The molecule has 3 rings (SSSR count). The molecule has 2 aromatic carbocycles. The van der Waals surface area contributed by atoms with Crippen molar-refractivity contribution >= 4 is 12.2 Å². The van der Waals surface area contributed by atoms with E-state index in [-0.39, 0.29) is 11.4 Å². The third-order valence-corrected chi connectivity index (χ3v) is 4.06. The highest BCUT2D eigenvalue weighted by Gasteiger charge is 2.15. The first-order valence-corrected chi connectivity index (χ1v) is 7.95. The zero-order valence-electron chi connectivity index (χ0n) is 14.5. The number of aromatic nitrogens is 2. The van der Waals surface area contributed by atoms with Crippen molar-refractivity contribution in [2.24, 2.45) is 7.05 Å². The Balaban J connectivity index is 1.83. The van der Waals surface area contributed by atoms with Crippen LogP contribution in [0.2, 0.25) is 0 Å². The number of hydrogen-bond acceptors (Lipinski definition) is 4. The SMILES string of the molecule is COc1ccc(/C=C/c2ccc(-c3nc(C#N)c(C#N)n3C)cc2)cc1. The van der Waals surface area contributed by atoms with Crippen molar-refractivity contribution in [3.05, 3.63) is 71.0 Å². The van der Waals surface area contributed by atoms with Crippen LogP contribution < -0.4 is 4.74 Å². The molecule has 0 radical (unpaired) electrons. The second-order valence-electron chi connectivity index (χ2n) is 5.64. The van der Waals surface area contributed by atoms with E-state index in [1.807, 2.05) is 72.8 Å². The van der Waals surface area contributed by atoms with Crippen LogP contribution in [0.1, 0.15) is 22.5 Å². The molecule has 0 amide bonds. The highest BCUT2D eigenvalue weighted by atomic mass is 16.5. The molecule has 1 heterocycles. The second-order valence-corrected chi connectivity index (χ2v) is 5.64. The normalized spacial score (nSPS) is 10.5. The molecule has 0 N–H and O–H groups in total. The highest BCUT2D eigenvalue weighted by molar-refractivity contribution is 5.71. The molecule has 0 fully saturated rings. The van der Waals surface area contributed by atoms with Crippen molar-refractivity contribution in [3.63, 3.8) is 0 Å². The van der Waals surface area contributed by atoms with Crippen LogP contribution in [0.15, 0.2) is 48.5 Å². The van der Waals surface area contributed by atoms with E-state index < -0.39 is 0 Å². The number of nitriles is 2. The Kier molecular flexibility index (Phi) is 4.83. The van der Waals surface area contributed by atoms with E-state index >= 15 is 0 Å². The fraction of sp³-hybridized carbons (Fsp3) is 0.0952. The monoisotopic (exact) mass is 340 g/mol. The van der Waals surface area contributed by atoms with Gasteiger partial charge in [0.15, 0.2) is 11.4 Å². The molecule has 5 heteroatoms. The van der Waals surface area contributed by atoms with Gasteiger partial charge in [0, 0.05) is 12.6 Å². The summed E-state index contributed by atoms with van der Waals surface area (Å²) in [7, 11) is 3.38. The number of benzene rings is 2. The van der Waals surface area contributed by atoms with Gasteiger partial charge in [-0.3, -0.25) is 0 Å². The molecule has 126 valence electrons. The van der Waals surface area contributed by atoms with Crippen LogP contribution in [0, 0.1) is 22.7 Å². The van der Waals surface area contributed by atoms with Gasteiger partial charge in [-0.1, -0.05) is 48.6 Å². The minimum atomic E-state index is 0.147. The minimum absolute atomic E-state index is 0.147. The van der Waals surface area contributed by atoms with Gasteiger partial charge < -0.3 is 9.30 Å². The first-order chi connectivity index (χ1) is 12.7. The van der Waals surface area contributed by atoms with Crippen LogP contribution in [0.3, 0.4) is 0 Å². The molecule has 0 spiro atoms. The average Bonchev–Trinajstić information content (AvgIpc) is 3.02. The van der Waals surface area contributed by atoms with Crippen LogP contribution in [0.25, 0.3) is 23.5 Å². The number of ether oxygens (including phenoxy) is 1. The molecule has 0 aliphatic carbocycles. The van der Waals surface area contributed by atoms with Crippen molar-refractivity contribution in [3.8, 4) is 29.3 Å². The molecule has 0 aliphatic heterocycles. The average molecular weight is 340 g/mol. The molecule has 5 nitrogen and oxygen atoms in total. The van der Waals surface area contributed by atoms with Crippen LogP contribution in [0.4, 0.5) is 0 Å². The van der Waals surface area contributed by atoms with Gasteiger partial charge in [-0.15, -0.1) is 0 Å². The Hall–Kier alpha value is -3.83. The summed E-state index contributed by atoms with van der Waals surface area (Å²) >= 11 is 0. The van der Waals surface area contributed by atoms with Gasteiger partial charge >= 0.3 is 0 Å². The van der Waals surface area contributed by atoms with Gasteiger partial charge in [0.25, 0.3) is 0 Å². The first kappa shape index (κ1) is 17.0.